The quantitative estimate of drug-likeness (QED) is 0.611. The number of aliphatic hydroxyl groups is 1. The van der Waals surface area contributed by atoms with Gasteiger partial charge in [0.05, 0.1) is 12.0 Å². The molecule has 1 fully saturated rings. The van der Waals surface area contributed by atoms with Crippen molar-refractivity contribution >= 4 is 33.6 Å². The molecule has 0 bridgehead atoms. The van der Waals surface area contributed by atoms with Crippen LogP contribution in [0.5, 0.6) is 0 Å². The number of H-pyrrole nitrogens is 1. The van der Waals surface area contributed by atoms with Gasteiger partial charge in [-0.25, -0.2) is 0 Å². The number of aromatic amines is 1. The van der Waals surface area contributed by atoms with Crippen molar-refractivity contribution in [3.8, 4) is 0 Å². The van der Waals surface area contributed by atoms with E-state index in [1.165, 1.54) is 0 Å². The van der Waals surface area contributed by atoms with E-state index < -0.39 is 35.0 Å². The second-order valence-electron chi connectivity index (χ2n) is 6.75. The van der Waals surface area contributed by atoms with E-state index in [4.69, 9.17) is 15.2 Å². The van der Waals surface area contributed by atoms with Crippen molar-refractivity contribution < 1.29 is 19.4 Å². The molecule has 4 atom stereocenters. The first-order valence-corrected chi connectivity index (χ1v) is 9.49. The number of carbonyl (C=O) groups is 1. The zero-order valence-electron chi connectivity index (χ0n) is 15.2. The molecule has 0 aromatic carbocycles. The summed E-state index contributed by atoms with van der Waals surface area (Å²) in [5.41, 5.74) is 5.11. The molecule has 0 amide bonds. The summed E-state index contributed by atoms with van der Waals surface area (Å²) in [6.07, 6.45) is -2.54. The Kier molecular flexibility index (Phi) is 5.36. The Labute approximate surface area is 157 Å². The molecule has 1 saturated heterocycles. The molecular formula is C16H22N4O6S. The summed E-state index contributed by atoms with van der Waals surface area (Å²) in [5.74, 6) is -0.786. The maximum Gasteiger partial charge on any atom is 0.311 e. The standard InChI is InChI=1S/C16H22N4O6S/c1-4-8(26-14(23)6(2)3)9-5-7(21)13(25-9)20-11-10(27-16(20)24)12(22)19-15(17)18-11/h6-9,13,21H,4-5H2,1-3H3,(H3,17,18,19,22)/t7-,8?,9+,13-/m1/s1. The van der Waals surface area contributed by atoms with Crippen LogP contribution in [0.25, 0.3) is 10.3 Å². The van der Waals surface area contributed by atoms with Crippen LogP contribution in [0.3, 0.4) is 0 Å². The van der Waals surface area contributed by atoms with E-state index in [-0.39, 0.29) is 34.6 Å². The van der Waals surface area contributed by atoms with Gasteiger partial charge in [-0.1, -0.05) is 32.1 Å². The van der Waals surface area contributed by atoms with Crippen molar-refractivity contribution in [2.24, 2.45) is 5.92 Å². The SMILES string of the molecule is CCC(OC(=O)C(C)C)[C@@H]1C[C@@H](O)[C@H](n2c(=O)sc3c(=O)[nH]c(N)nc32)O1. The summed E-state index contributed by atoms with van der Waals surface area (Å²) in [7, 11) is 0. The molecule has 0 aliphatic carbocycles. The molecule has 3 rings (SSSR count). The summed E-state index contributed by atoms with van der Waals surface area (Å²) in [4.78, 5) is 42.2. The van der Waals surface area contributed by atoms with Crippen molar-refractivity contribution in [3.63, 3.8) is 0 Å². The molecule has 4 N–H and O–H groups in total. The minimum Gasteiger partial charge on any atom is -0.459 e. The lowest BCUT2D eigenvalue weighted by Gasteiger charge is -2.23. The van der Waals surface area contributed by atoms with E-state index in [1.807, 2.05) is 6.92 Å². The predicted octanol–water partition coefficient (Wildman–Crippen LogP) is 0.355. The summed E-state index contributed by atoms with van der Waals surface area (Å²) in [5, 5.41) is 10.5. The number of hydrogen-bond acceptors (Lipinski definition) is 9. The van der Waals surface area contributed by atoms with Gasteiger partial charge in [0.1, 0.15) is 16.9 Å². The molecule has 1 aliphatic rings. The van der Waals surface area contributed by atoms with Gasteiger partial charge in [-0.3, -0.25) is 23.9 Å². The van der Waals surface area contributed by atoms with E-state index >= 15 is 0 Å². The van der Waals surface area contributed by atoms with Gasteiger partial charge in [-0.15, -0.1) is 0 Å². The minimum atomic E-state index is -1.04. The number of anilines is 1. The Morgan fingerprint density at radius 3 is 2.85 bits per heavy atom. The fraction of sp³-hybridized carbons (Fsp3) is 0.625. The van der Waals surface area contributed by atoms with E-state index in [0.717, 1.165) is 4.57 Å². The highest BCUT2D eigenvalue weighted by Gasteiger charge is 2.42. The highest BCUT2D eigenvalue weighted by molar-refractivity contribution is 7.16. The average Bonchev–Trinajstić information content (AvgIpc) is 3.11. The number of fused-ring (bicyclic) bond motifs is 1. The number of esters is 1. The molecular weight excluding hydrogens is 376 g/mol. The summed E-state index contributed by atoms with van der Waals surface area (Å²) in [6, 6.07) is 0. The second-order valence-corrected chi connectivity index (χ2v) is 7.71. The lowest BCUT2D eigenvalue weighted by molar-refractivity contribution is -0.163. The van der Waals surface area contributed by atoms with Crippen molar-refractivity contribution in [1.82, 2.24) is 14.5 Å². The van der Waals surface area contributed by atoms with Crippen LogP contribution >= 0.6 is 11.3 Å². The molecule has 0 spiro atoms. The van der Waals surface area contributed by atoms with Crippen LogP contribution in [0, 0.1) is 5.92 Å². The molecule has 10 nitrogen and oxygen atoms in total. The number of nitrogens with zero attached hydrogens (tertiary/aromatic N) is 2. The van der Waals surface area contributed by atoms with Crippen LogP contribution in [0.4, 0.5) is 5.95 Å². The third-order valence-electron chi connectivity index (χ3n) is 4.42. The number of aromatic nitrogens is 3. The number of thiazole rings is 1. The average molecular weight is 398 g/mol. The molecule has 148 valence electrons. The molecule has 11 heteroatoms. The fourth-order valence-electron chi connectivity index (χ4n) is 3.03. The number of nitrogens with one attached hydrogen (secondary N) is 1. The van der Waals surface area contributed by atoms with Gasteiger partial charge in [0.15, 0.2) is 11.9 Å². The Morgan fingerprint density at radius 1 is 1.52 bits per heavy atom. The third-order valence-corrected chi connectivity index (χ3v) is 5.36. The molecule has 0 radical (unpaired) electrons. The number of nitrogens with two attached hydrogens (primary N) is 1. The molecule has 3 heterocycles. The van der Waals surface area contributed by atoms with Crippen LogP contribution in [0.15, 0.2) is 9.59 Å². The normalized spacial score (nSPS) is 23.8. The van der Waals surface area contributed by atoms with Gasteiger partial charge in [-0.05, 0) is 6.42 Å². The molecule has 2 aromatic rings. The van der Waals surface area contributed by atoms with Crippen molar-refractivity contribution in [2.75, 3.05) is 5.73 Å². The largest absolute Gasteiger partial charge is 0.459 e. The van der Waals surface area contributed by atoms with Gasteiger partial charge in [0, 0.05) is 6.42 Å². The second kappa shape index (κ2) is 7.41. The van der Waals surface area contributed by atoms with Gasteiger partial charge in [0.25, 0.3) is 5.56 Å². The highest BCUT2D eigenvalue weighted by Crippen LogP contribution is 2.33. The number of hydrogen-bond donors (Lipinski definition) is 3. The van der Waals surface area contributed by atoms with E-state index in [2.05, 4.69) is 9.97 Å². The smallest absolute Gasteiger partial charge is 0.311 e. The lowest BCUT2D eigenvalue weighted by Crippen LogP contribution is -2.32. The first-order chi connectivity index (χ1) is 12.7. The van der Waals surface area contributed by atoms with Gasteiger partial charge in [-0.2, -0.15) is 4.98 Å². The van der Waals surface area contributed by atoms with Crippen LogP contribution in [0.1, 0.15) is 39.8 Å². The highest BCUT2D eigenvalue weighted by atomic mass is 32.1. The van der Waals surface area contributed by atoms with E-state index in [0.29, 0.717) is 17.8 Å². The van der Waals surface area contributed by atoms with Crippen LogP contribution in [-0.2, 0) is 14.3 Å². The molecule has 0 saturated carbocycles. The number of ether oxygens (including phenoxy) is 2. The summed E-state index contributed by atoms with van der Waals surface area (Å²) in [6.45, 7) is 5.30. The Hall–Kier alpha value is -2.24. The van der Waals surface area contributed by atoms with E-state index in [9.17, 15) is 19.5 Å². The number of nitrogen functional groups attached to an aromatic ring is 1. The molecule has 27 heavy (non-hydrogen) atoms. The third kappa shape index (κ3) is 3.62. The van der Waals surface area contributed by atoms with Crippen molar-refractivity contribution in [3.05, 3.63) is 20.0 Å². The van der Waals surface area contributed by atoms with Crippen molar-refractivity contribution in [1.29, 1.82) is 0 Å². The first-order valence-electron chi connectivity index (χ1n) is 8.67. The first kappa shape index (κ1) is 19.5. The van der Waals surface area contributed by atoms with Gasteiger partial charge < -0.3 is 20.3 Å². The maximum absolute atomic E-state index is 12.4. The molecule has 2 aromatic heterocycles. The fourth-order valence-corrected chi connectivity index (χ4v) is 3.87. The number of rotatable bonds is 5. The Morgan fingerprint density at radius 2 is 2.22 bits per heavy atom. The zero-order chi connectivity index (χ0) is 19.9. The maximum atomic E-state index is 12.4. The Balaban J connectivity index is 1.92. The molecule has 1 unspecified atom stereocenters. The van der Waals surface area contributed by atoms with E-state index in [1.54, 1.807) is 13.8 Å². The predicted molar refractivity (Wildman–Crippen MR) is 98.5 cm³/mol. The zero-order valence-corrected chi connectivity index (χ0v) is 16.0. The number of aliphatic hydroxyl groups excluding tert-OH is 1. The van der Waals surface area contributed by atoms with Gasteiger partial charge in [0.2, 0.25) is 5.95 Å². The van der Waals surface area contributed by atoms with Crippen molar-refractivity contribution in [2.45, 2.75) is 58.2 Å². The number of carbonyl (C=O) groups excluding carboxylic acids is 1. The monoisotopic (exact) mass is 398 g/mol. The molecule has 1 aliphatic heterocycles. The van der Waals surface area contributed by atoms with Crippen LogP contribution in [-0.4, -0.2) is 43.9 Å². The topological polar surface area (TPSA) is 150 Å². The van der Waals surface area contributed by atoms with Crippen LogP contribution < -0.4 is 16.2 Å². The Bertz CT molecular complexity index is 964. The summed E-state index contributed by atoms with van der Waals surface area (Å²) >= 11 is 0.702. The van der Waals surface area contributed by atoms with Crippen LogP contribution in [0.2, 0.25) is 0 Å². The minimum absolute atomic E-state index is 0.0585. The van der Waals surface area contributed by atoms with Gasteiger partial charge >= 0.3 is 10.8 Å². The lowest BCUT2D eigenvalue weighted by atomic mass is 10.1. The summed E-state index contributed by atoms with van der Waals surface area (Å²) < 4.78 is 12.6.